The number of likely N-dealkylation sites (tertiary alicyclic amines) is 2. The van der Waals surface area contributed by atoms with E-state index in [0.29, 0.717) is 17.9 Å². The summed E-state index contributed by atoms with van der Waals surface area (Å²) in [4.78, 5) is 18.1. The normalized spacial score (nSPS) is 24.0. The van der Waals surface area contributed by atoms with Crippen molar-refractivity contribution in [2.24, 2.45) is 5.92 Å². The van der Waals surface area contributed by atoms with Gasteiger partial charge in [0, 0.05) is 49.6 Å². The van der Waals surface area contributed by atoms with Crippen LogP contribution in [0.4, 0.5) is 0 Å². The summed E-state index contributed by atoms with van der Waals surface area (Å²) in [6.07, 6.45) is 1.05. The molecule has 3 heterocycles. The van der Waals surface area contributed by atoms with E-state index in [1.165, 1.54) is 16.7 Å². The van der Waals surface area contributed by atoms with Crippen LogP contribution in [0.5, 0.6) is 0 Å². The molecule has 2 fully saturated rings. The predicted octanol–water partition coefficient (Wildman–Crippen LogP) is 5.19. The van der Waals surface area contributed by atoms with Crippen LogP contribution in [0.2, 0.25) is 0 Å². The fraction of sp³-hybridized carbons (Fsp3) is 0.346. The topological polar surface area (TPSA) is 23.6 Å². The van der Waals surface area contributed by atoms with Crippen molar-refractivity contribution in [2.75, 3.05) is 19.6 Å². The number of piperidine rings is 1. The van der Waals surface area contributed by atoms with Crippen LogP contribution in [0, 0.1) is 12.8 Å². The van der Waals surface area contributed by atoms with Gasteiger partial charge in [0.2, 0.25) is 0 Å². The van der Waals surface area contributed by atoms with Gasteiger partial charge in [-0.25, -0.2) is 0 Å². The van der Waals surface area contributed by atoms with Gasteiger partial charge in [-0.3, -0.25) is 9.69 Å². The number of fused-ring (bicyclic) bond motifs is 1. The number of amides is 1. The third-order valence-electron chi connectivity index (χ3n) is 6.92. The first kappa shape index (κ1) is 19.5. The van der Waals surface area contributed by atoms with E-state index in [9.17, 15) is 4.79 Å². The monoisotopic (exact) mass is 416 g/mol. The van der Waals surface area contributed by atoms with E-state index < -0.39 is 0 Å². The van der Waals surface area contributed by atoms with E-state index >= 15 is 0 Å². The largest absolute Gasteiger partial charge is 0.335 e. The van der Waals surface area contributed by atoms with Crippen LogP contribution in [0.15, 0.2) is 71.4 Å². The molecule has 0 N–H and O–H groups in total. The van der Waals surface area contributed by atoms with Crippen LogP contribution in [0.25, 0.3) is 0 Å². The maximum absolute atomic E-state index is 13.3. The number of nitrogens with zero attached hydrogens (tertiary/aromatic N) is 2. The molecule has 30 heavy (non-hydrogen) atoms. The average Bonchev–Trinajstić information content (AvgIpc) is 3.43. The third-order valence-corrected chi connectivity index (χ3v) is 7.62. The molecule has 0 unspecified atom stereocenters. The minimum absolute atomic E-state index is 0.190. The van der Waals surface area contributed by atoms with Crippen molar-refractivity contribution >= 4 is 17.2 Å². The highest BCUT2D eigenvalue weighted by Crippen LogP contribution is 2.43. The first-order valence-corrected chi connectivity index (χ1v) is 11.8. The lowest BCUT2D eigenvalue weighted by atomic mass is 9.82. The summed E-state index contributed by atoms with van der Waals surface area (Å²) in [5, 5.41) is 4.44. The molecule has 0 aliphatic carbocycles. The lowest BCUT2D eigenvalue weighted by molar-refractivity contribution is 0.0614. The molecule has 3 nitrogen and oxygen atoms in total. The number of aryl methyl sites for hydroxylation is 1. The molecule has 2 saturated heterocycles. The van der Waals surface area contributed by atoms with Crippen molar-refractivity contribution in [2.45, 2.75) is 31.8 Å². The lowest BCUT2D eigenvalue weighted by Crippen LogP contribution is -2.47. The molecule has 4 heteroatoms. The second-order valence-corrected chi connectivity index (χ2v) is 9.45. The number of carbonyl (C=O) groups excluding carboxylic acids is 1. The molecule has 3 aromatic rings. The number of rotatable bonds is 4. The third kappa shape index (κ3) is 3.70. The molecule has 2 aliphatic rings. The Labute approximate surface area is 183 Å². The molecule has 2 aliphatic heterocycles. The Balaban J connectivity index is 1.39. The van der Waals surface area contributed by atoms with Gasteiger partial charge in [0.15, 0.2) is 0 Å². The minimum Gasteiger partial charge on any atom is -0.335 e. The highest BCUT2D eigenvalue weighted by Gasteiger charge is 2.47. The summed E-state index contributed by atoms with van der Waals surface area (Å²) in [6.45, 7) is 6.13. The summed E-state index contributed by atoms with van der Waals surface area (Å²) in [5.74, 6) is 1.11. The maximum Gasteiger partial charge on any atom is 0.254 e. The Bertz CT molecular complexity index is 1000. The quantitative estimate of drug-likeness (QED) is 0.585. The molecule has 154 valence electrons. The smallest absolute Gasteiger partial charge is 0.254 e. The van der Waals surface area contributed by atoms with Crippen LogP contribution in [0.1, 0.15) is 39.4 Å². The Morgan fingerprint density at radius 1 is 1.03 bits per heavy atom. The fourth-order valence-electron chi connectivity index (χ4n) is 5.30. The zero-order chi connectivity index (χ0) is 20.5. The number of carbonyl (C=O) groups is 1. The van der Waals surface area contributed by atoms with Gasteiger partial charge in [-0.2, -0.15) is 11.3 Å². The molecule has 0 radical (unpaired) electrons. The predicted molar refractivity (Wildman–Crippen MR) is 123 cm³/mol. The Morgan fingerprint density at radius 3 is 2.60 bits per heavy atom. The molecule has 5 rings (SSSR count). The molecule has 0 bridgehead atoms. The number of hydrogen-bond donors (Lipinski definition) is 0. The van der Waals surface area contributed by atoms with E-state index in [2.05, 4.69) is 57.8 Å². The number of hydrogen-bond acceptors (Lipinski definition) is 3. The van der Waals surface area contributed by atoms with Crippen molar-refractivity contribution < 1.29 is 4.79 Å². The minimum atomic E-state index is 0.190. The van der Waals surface area contributed by atoms with Crippen LogP contribution >= 0.6 is 11.3 Å². The molecular weight excluding hydrogens is 388 g/mol. The molecule has 3 atom stereocenters. The zero-order valence-corrected chi connectivity index (χ0v) is 18.2. The van der Waals surface area contributed by atoms with E-state index in [4.69, 9.17) is 0 Å². The van der Waals surface area contributed by atoms with Crippen LogP contribution < -0.4 is 0 Å². The van der Waals surface area contributed by atoms with Crippen molar-refractivity contribution in [3.63, 3.8) is 0 Å². The summed E-state index contributed by atoms with van der Waals surface area (Å²) in [6, 6.07) is 21.1. The maximum atomic E-state index is 13.3. The van der Waals surface area contributed by atoms with Gasteiger partial charge in [0.1, 0.15) is 0 Å². The molecule has 1 amide bonds. The van der Waals surface area contributed by atoms with Crippen LogP contribution in [-0.2, 0) is 6.54 Å². The van der Waals surface area contributed by atoms with Crippen molar-refractivity contribution in [1.29, 1.82) is 0 Å². The van der Waals surface area contributed by atoms with Crippen molar-refractivity contribution in [3.8, 4) is 0 Å². The van der Waals surface area contributed by atoms with Gasteiger partial charge >= 0.3 is 0 Å². The molecule has 0 spiro atoms. The standard InChI is InChI=1S/C26H28N2OS/c1-19-7-5-6-10-21(19)15-27-13-11-25-24(16-27)23(22-12-14-30-18-22)17-28(25)26(29)20-8-3-2-4-9-20/h2-10,12,14,18,23-25H,11,13,15-17H2,1H3/t23-,24-,25-/m0/s1. The first-order valence-electron chi connectivity index (χ1n) is 10.9. The zero-order valence-electron chi connectivity index (χ0n) is 17.4. The van der Waals surface area contributed by atoms with Crippen LogP contribution in [-0.4, -0.2) is 41.4 Å². The van der Waals surface area contributed by atoms with E-state index in [1.54, 1.807) is 11.3 Å². The first-order chi connectivity index (χ1) is 14.7. The summed E-state index contributed by atoms with van der Waals surface area (Å²) >= 11 is 1.76. The fourth-order valence-corrected chi connectivity index (χ4v) is 6.02. The Kier molecular flexibility index (Phi) is 5.45. The Morgan fingerprint density at radius 2 is 1.83 bits per heavy atom. The van der Waals surface area contributed by atoms with E-state index in [0.717, 1.165) is 38.2 Å². The number of thiophene rings is 1. The van der Waals surface area contributed by atoms with Gasteiger partial charge in [0.25, 0.3) is 5.91 Å². The van der Waals surface area contributed by atoms with Gasteiger partial charge in [-0.05, 0) is 59.0 Å². The van der Waals surface area contributed by atoms with E-state index in [-0.39, 0.29) is 5.91 Å². The lowest BCUT2D eigenvalue weighted by Gasteiger charge is -2.39. The SMILES string of the molecule is Cc1ccccc1CN1CC[C@H]2[C@@H](C1)[C@H](c1ccsc1)CN2C(=O)c1ccccc1. The second-order valence-electron chi connectivity index (χ2n) is 8.67. The van der Waals surface area contributed by atoms with Gasteiger partial charge < -0.3 is 4.90 Å². The second kappa shape index (κ2) is 8.37. The average molecular weight is 417 g/mol. The molecular formula is C26H28N2OS. The molecule has 0 saturated carbocycles. The highest BCUT2D eigenvalue weighted by molar-refractivity contribution is 7.08. The molecule has 1 aromatic heterocycles. The summed E-state index contributed by atoms with van der Waals surface area (Å²) in [7, 11) is 0. The van der Waals surface area contributed by atoms with E-state index in [1.807, 2.05) is 30.3 Å². The summed E-state index contributed by atoms with van der Waals surface area (Å²) < 4.78 is 0. The summed E-state index contributed by atoms with van der Waals surface area (Å²) in [5.41, 5.74) is 4.99. The highest BCUT2D eigenvalue weighted by atomic mass is 32.1. The number of benzene rings is 2. The van der Waals surface area contributed by atoms with Crippen molar-refractivity contribution in [1.82, 2.24) is 9.80 Å². The van der Waals surface area contributed by atoms with Crippen molar-refractivity contribution in [3.05, 3.63) is 93.7 Å². The Hall–Kier alpha value is -2.43. The van der Waals surface area contributed by atoms with Gasteiger partial charge in [-0.1, -0.05) is 42.5 Å². The van der Waals surface area contributed by atoms with Crippen LogP contribution in [0.3, 0.4) is 0 Å². The van der Waals surface area contributed by atoms with Gasteiger partial charge in [0.05, 0.1) is 0 Å². The van der Waals surface area contributed by atoms with Gasteiger partial charge in [-0.15, -0.1) is 0 Å². The molecule has 2 aromatic carbocycles.